The molecule has 1 amide bonds. The summed E-state index contributed by atoms with van der Waals surface area (Å²) in [6, 6.07) is 9.54. The van der Waals surface area contributed by atoms with Crippen LogP contribution in [-0.2, 0) is 6.54 Å². The van der Waals surface area contributed by atoms with Gasteiger partial charge in [-0.2, -0.15) is 0 Å². The van der Waals surface area contributed by atoms with E-state index in [1.165, 1.54) is 0 Å². The first-order chi connectivity index (χ1) is 13.1. The van der Waals surface area contributed by atoms with Gasteiger partial charge >= 0.3 is 0 Å². The molecule has 4 aromatic rings. The third kappa shape index (κ3) is 3.37. The molecule has 8 nitrogen and oxygen atoms in total. The van der Waals surface area contributed by atoms with Crippen LogP contribution in [0.2, 0.25) is 0 Å². The molecule has 0 aliphatic rings. The van der Waals surface area contributed by atoms with Crippen molar-refractivity contribution in [3.05, 3.63) is 59.8 Å². The minimum Gasteiger partial charge on any atom is -0.357 e. The van der Waals surface area contributed by atoms with Crippen LogP contribution in [0.5, 0.6) is 0 Å². The number of amides is 1. The van der Waals surface area contributed by atoms with Gasteiger partial charge in [-0.3, -0.25) is 4.79 Å². The van der Waals surface area contributed by atoms with E-state index in [0.717, 1.165) is 27.9 Å². The molecule has 0 radical (unpaired) electrons. The summed E-state index contributed by atoms with van der Waals surface area (Å²) in [4.78, 5) is 31.8. The van der Waals surface area contributed by atoms with Crippen molar-refractivity contribution < 1.29 is 4.79 Å². The molecule has 1 aromatic carbocycles. The van der Waals surface area contributed by atoms with Gasteiger partial charge in [-0.05, 0) is 30.7 Å². The fourth-order valence-corrected chi connectivity index (χ4v) is 2.87. The highest BCUT2D eigenvalue weighted by atomic mass is 16.1. The number of imidazole rings is 1. The molecule has 27 heavy (non-hydrogen) atoms. The fraction of sp³-hybridized carbons (Fsp3) is 0.158. The summed E-state index contributed by atoms with van der Waals surface area (Å²) in [6.45, 7) is 2.25. The topological polar surface area (TPSA) is 111 Å². The van der Waals surface area contributed by atoms with Gasteiger partial charge < -0.3 is 20.6 Å². The standard InChI is InChI=1S/C19H19N7O/c1-11-8-23-19(20-2)26-17(11)12-7-15(21-9-12)18(27)22-10-16-24-13-5-3-4-6-14(13)25-16/h3-9,21H,10H2,1-2H3,(H,22,27)(H,24,25)(H,20,23,26). The van der Waals surface area contributed by atoms with E-state index < -0.39 is 0 Å². The van der Waals surface area contributed by atoms with Gasteiger partial charge in [0.1, 0.15) is 11.5 Å². The smallest absolute Gasteiger partial charge is 0.268 e. The van der Waals surface area contributed by atoms with Gasteiger partial charge in [0, 0.05) is 25.0 Å². The summed E-state index contributed by atoms with van der Waals surface area (Å²) >= 11 is 0. The van der Waals surface area contributed by atoms with Crippen molar-refractivity contribution in [3.63, 3.8) is 0 Å². The summed E-state index contributed by atoms with van der Waals surface area (Å²) in [7, 11) is 1.77. The van der Waals surface area contributed by atoms with E-state index in [2.05, 4.69) is 35.6 Å². The molecule has 8 heteroatoms. The number of nitrogens with one attached hydrogen (secondary N) is 4. The Hall–Kier alpha value is -3.68. The largest absolute Gasteiger partial charge is 0.357 e. The Morgan fingerprint density at radius 2 is 2.07 bits per heavy atom. The highest BCUT2D eigenvalue weighted by molar-refractivity contribution is 5.93. The Balaban J connectivity index is 1.48. The maximum absolute atomic E-state index is 12.5. The Morgan fingerprint density at radius 3 is 2.89 bits per heavy atom. The van der Waals surface area contributed by atoms with Crippen LogP contribution in [0.4, 0.5) is 5.95 Å². The van der Waals surface area contributed by atoms with Crippen LogP contribution in [0.15, 0.2) is 42.7 Å². The summed E-state index contributed by atoms with van der Waals surface area (Å²) in [5, 5.41) is 5.79. The lowest BCUT2D eigenvalue weighted by Crippen LogP contribution is -2.23. The second-order valence-corrected chi connectivity index (χ2v) is 6.16. The number of carbonyl (C=O) groups is 1. The molecule has 0 saturated carbocycles. The summed E-state index contributed by atoms with van der Waals surface area (Å²) in [5.74, 6) is 1.04. The van der Waals surface area contributed by atoms with Gasteiger partial charge in [0.15, 0.2) is 0 Å². The Labute approximate surface area is 155 Å². The molecule has 0 aliphatic carbocycles. The minimum absolute atomic E-state index is 0.206. The highest BCUT2D eigenvalue weighted by Gasteiger charge is 2.13. The number of benzene rings is 1. The number of fused-ring (bicyclic) bond motifs is 1. The van der Waals surface area contributed by atoms with Gasteiger partial charge in [0.25, 0.3) is 5.91 Å². The molecule has 0 atom stereocenters. The van der Waals surface area contributed by atoms with Gasteiger partial charge in [0.05, 0.1) is 23.3 Å². The van der Waals surface area contributed by atoms with Gasteiger partial charge in [0.2, 0.25) is 5.95 Å². The van der Waals surface area contributed by atoms with Gasteiger partial charge in [-0.15, -0.1) is 0 Å². The molecule has 3 heterocycles. The van der Waals surface area contributed by atoms with Crippen molar-refractivity contribution in [2.75, 3.05) is 12.4 Å². The van der Waals surface area contributed by atoms with Crippen LogP contribution in [-0.4, -0.2) is 37.9 Å². The number of nitrogens with zero attached hydrogens (tertiary/aromatic N) is 3. The summed E-state index contributed by atoms with van der Waals surface area (Å²) in [6.07, 6.45) is 3.52. The SMILES string of the molecule is CNc1ncc(C)c(-c2c[nH]c(C(=O)NCc3nc4ccccc4[nH]3)c2)n1. The number of hydrogen-bond donors (Lipinski definition) is 4. The zero-order valence-electron chi connectivity index (χ0n) is 15.0. The number of carbonyl (C=O) groups excluding carboxylic acids is 1. The first-order valence-corrected chi connectivity index (χ1v) is 8.56. The van der Waals surface area contributed by atoms with E-state index in [1.807, 2.05) is 31.2 Å². The number of aryl methyl sites for hydroxylation is 1. The van der Waals surface area contributed by atoms with Crippen LogP contribution < -0.4 is 10.6 Å². The predicted molar refractivity (Wildman–Crippen MR) is 103 cm³/mol. The maximum Gasteiger partial charge on any atom is 0.268 e. The average Bonchev–Trinajstić information content (AvgIpc) is 3.33. The van der Waals surface area contributed by atoms with Crippen molar-refractivity contribution in [2.45, 2.75) is 13.5 Å². The molecule has 0 fully saturated rings. The second-order valence-electron chi connectivity index (χ2n) is 6.16. The van der Waals surface area contributed by atoms with Crippen LogP contribution in [0, 0.1) is 6.92 Å². The van der Waals surface area contributed by atoms with Crippen LogP contribution in [0.1, 0.15) is 21.9 Å². The van der Waals surface area contributed by atoms with Crippen molar-refractivity contribution in [3.8, 4) is 11.3 Å². The Bertz CT molecular complexity index is 1080. The van der Waals surface area contributed by atoms with E-state index in [9.17, 15) is 4.79 Å². The summed E-state index contributed by atoms with van der Waals surface area (Å²) in [5.41, 5.74) is 4.83. The number of H-pyrrole nitrogens is 2. The lowest BCUT2D eigenvalue weighted by Gasteiger charge is -2.04. The monoisotopic (exact) mass is 361 g/mol. The number of aromatic amines is 2. The number of anilines is 1. The zero-order chi connectivity index (χ0) is 18.8. The van der Waals surface area contributed by atoms with Crippen molar-refractivity contribution in [1.29, 1.82) is 0 Å². The third-order valence-corrected chi connectivity index (χ3v) is 4.25. The number of hydrogen-bond acceptors (Lipinski definition) is 5. The molecule has 0 unspecified atom stereocenters. The van der Waals surface area contributed by atoms with E-state index in [1.54, 1.807) is 25.5 Å². The molecule has 0 aliphatic heterocycles. The van der Waals surface area contributed by atoms with Crippen LogP contribution in [0.3, 0.4) is 0 Å². The van der Waals surface area contributed by atoms with Crippen molar-refractivity contribution >= 4 is 22.9 Å². The second kappa shape index (κ2) is 6.91. The van der Waals surface area contributed by atoms with E-state index in [0.29, 0.717) is 24.0 Å². The molecule has 3 aromatic heterocycles. The lowest BCUT2D eigenvalue weighted by atomic mass is 10.1. The molecule has 136 valence electrons. The highest BCUT2D eigenvalue weighted by Crippen LogP contribution is 2.22. The molecular weight excluding hydrogens is 342 g/mol. The molecular formula is C19H19N7O. The fourth-order valence-electron chi connectivity index (χ4n) is 2.87. The number of rotatable bonds is 5. The molecule has 0 saturated heterocycles. The quantitative estimate of drug-likeness (QED) is 0.437. The normalized spacial score (nSPS) is 10.9. The van der Waals surface area contributed by atoms with Crippen molar-refractivity contribution in [1.82, 2.24) is 30.2 Å². The van der Waals surface area contributed by atoms with Gasteiger partial charge in [-0.1, -0.05) is 12.1 Å². The van der Waals surface area contributed by atoms with E-state index in [4.69, 9.17) is 0 Å². The minimum atomic E-state index is -0.206. The third-order valence-electron chi connectivity index (χ3n) is 4.25. The Morgan fingerprint density at radius 1 is 1.22 bits per heavy atom. The Kier molecular flexibility index (Phi) is 4.29. The molecule has 0 spiro atoms. The van der Waals surface area contributed by atoms with Crippen LogP contribution >= 0.6 is 0 Å². The molecule has 0 bridgehead atoms. The molecule has 4 rings (SSSR count). The zero-order valence-corrected chi connectivity index (χ0v) is 15.0. The van der Waals surface area contributed by atoms with E-state index in [-0.39, 0.29) is 5.91 Å². The average molecular weight is 361 g/mol. The van der Waals surface area contributed by atoms with Crippen LogP contribution in [0.25, 0.3) is 22.3 Å². The lowest BCUT2D eigenvalue weighted by molar-refractivity contribution is 0.0945. The predicted octanol–water partition coefficient (Wildman–Crippen LogP) is 2.63. The number of aromatic nitrogens is 5. The van der Waals surface area contributed by atoms with E-state index >= 15 is 0 Å². The molecule has 4 N–H and O–H groups in total. The first kappa shape index (κ1) is 16.8. The maximum atomic E-state index is 12.5. The first-order valence-electron chi connectivity index (χ1n) is 8.56. The summed E-state index contributed by atoms with van der Waals surface area (Å²) < 4.78 is 0. The van der Waals surface area contributed by atoms with Crippen molar-refractivity contribution in [2.24, 2.45) is 0 Å². The number of para-hydroxylation sites is 2. The van der Waals surface area contributed by atoms with Gasteiger partial charge in [-0.25, -0.2) is 15.0 Å².